The zero-order valence-electron chi connectivity index (χ0n) is 12.5. The molecule has 2 N–H and O–H groups in total. The molecule has 0 radical (unpaired) electrons. The SMILES string of the molecule is CCc1ccccc1NC(=O)CNS(=O)(=O)c1cccc(Br)c1. The summed E-state index contributed by atoms with van der Waals surface area (Å²) in [7, 11) is -3.73. The number of carbonyl (C=O) groups excluding carboxylic acids is 1. The number of amides is 1. The van der Waals surface area contributed by atoms with Crippen LogP contribution in [0.1, 0.15) is 12.5 Å². The lowest BCUT2D eigenvalue weighted by Gasteiger charge is -2.10. The summed E-state index contributed by atoms with van der Waals surface area (Å²) in [5.41, 5.74) is 1.69. The number of hydrogen-bond acceptors (Lipinski definition) is 3. The second-order valence-electron chi connectivity index (χ2n) is 4.84. The average Bonchev–Trinajstić information content (AvgIpc) is 2.53. The third kappa shape index (κ3) is 4.89. The molecule has 0 saturated heterocycles. The lowest BCUT2D eigenvalue weighted by atomic mass is 10.1. The van der Waals surface area contributed by atoms with Crippen molar-refractivity contribution in [2.45, 2.75) is 18.2 Å². The molecule has 1 amide bonds. The average molecular weight is 397 g/mol. The molecule has 0 atom stereocenters. The standard InChI is InChI=1S/C16H17BrN2O3S/c1-2-12-6-3-4-9-15(12)19-16(20)11-18-23(21,22)14-8-5-7-13(17)10-14/h3-10,18H,2,11H2,1H3,(H,19,20). The maximum Gasteiger partial charge on any atom is 0.241 e. The van der Waals surface area contributed by atoms with E-state index < -0.39 is 15.9 Å². The van der Waals surface area contributed by atoms with E-state index in [1.807, 2.05) is 25.1 Å². The molecule has 2 aromatic rings. The first-order valence-electron chi connectivity index (χ1n) is 7.05. The Labute approximate surface area is 144 Å². The lowest BCUT2D eigenvalue weighted by molar-refractivity contribution is -0.115. The number of aryl methyl sites for hydroxylation is 1. The van der Waals surface area contributed by atoms with E-state index >= 15 is 0 Å². The third-order valence-corrected chi connectivity index (χ3v) is 5.09. The largest absolute Gasteiger partial charge is 0.325 e. The van der Waals surface area contributed by atoms with E-state index in [1.54, 1.807) is 18.2 Å². The summed E-state index contributed by atoms with van der Waals surface area (Å²) >= 11 is 3.22. The first-order chi connectivity index (χ1) is 10.9. The van der Waals surface area contributed by atoms with Crippen LogP contribution in [0.4, 0.5) is 5.69 Å². The molecule has 0 aliphatic rings. The molecule has 0 aliphatic heterocycles. The fourth-order valence-electron chi connectivity index (χ4n) is 2.02. The van der Waals surface area contributed by atoms with Gasteiger partial charge in [-0.1, -0.05) is 47.1 Å². The van der Waals surface area contributed by atoms with Gasteiger partial charge in [-0.15, -0.1) is 0 Å². The molecule has 2 rings (SSSR count). The quantitative estimate of drug-likeness (QED) is 0.787. The summed E-state index contributed by atoms with van der Waals surface area (Å²) in [6.45, 7) is 1.66. The number of benzene rings is 2. The van der Waals surface area contributed by atoms with Gasteiger partial charge in [0.25, 0.3) is 0 Å². The Morgan fingerprint density at radius 2 is 1.87 bits per heavy atom. The molecule has 0 aromatic heterocycles. The minimum Gasteiger partial charge on any atom is -0.325 e. The molecule has 0 heterocycles. The molecule has 0 aliphatic carbocycles. The van der Waals surface area contributed by atoms with Crippen molar-refractivity contribution >= 4 is 37.5 Å². The lowest BCUT2D eigenvalue weighted by Crippen LogP contribution is -2.33. The van der Waals surface area contributed by atoms with Gasteiger partial charge < -0.3 is 5.32 Å². The first kappa shape index (κ1) is 17.7. The normalized spacial score (nSPS) is 11.2. The van der Waals surface area contributed by atoms with Crippen molar-refractivity contribution < 1.29 is 13.2 Å². The summed E-state index contributed by atoms with van der Waals surface area (Å²) in [6.07, 6.45) is 0.778. The predicted molar refractivity (Wildman–Crippen MR) is 93.8 cm³/mol. The van der Waals surface area contributed by atoms with E-state index in [1.165, 1.54) is 12.1 Å². The van der Waals surface area contributed by atoms with E-state index in [-0.39, 0.29) is 11.4 Å². The van der Waals surface area contributed by atoms with Crippen LogP contribution in [-0.2, 0) is 21.2 Å². The van der Waals surface area contributed by atoms with Crippen molar-refractivity contribution in [3.05, 3.63) is 58.6 Å². The van der Waals surface area contributed by atoms with Gasteiger partial charge >= 0.3 is 0 Å². The van der Waals surface area contributed by atoms with Crippen LogP contribution < -0.4 is 10.0 Å². The Balaban J connectivity index is 2.01. The summed E-state index contributed by atoms with van der Waals surface area (Å²) < 4.78 is 27.3. The van der Waals surface area contributed by atoms with Gasteiger partial charge in [0.1, 0.15) is 0 Å². The van der Waals surface area contributed by atoms with Crippen molar-refractivity contribution in [2.75, 3.05) is 11.9 Å². The van der Waals surface area contributed by atoms with E-state index in [2.05, 4.69) is 26.0 Å². The van der Waals surface area contributed by atoms with Gasteiger partial charge in [-0.25, -0.2) is 13.1 Å². The van der Waals surface area contributed by atoms with Gasteiger partial charge in [0.15, 0.2) is 0 Å². The number of anilines is 1. The number of hydrogen-bond donors (Lipinski definition) is 2. The van der Waals surface area contributed by atoms with Crippen LogP contribution in [0.3, 0.4) is 0 Å². The third-order valence-electron chi connectivity index (χ3n) is 3.20. The molecule has 122 valence electrons. The second-order valence-corrected chi connectivity index (χ2v) is 7.52. The highest BCUT2D eigenvalue weighted by Gasteiger charge is 2.16. The van der Waals surface area contributed by atoms with Crippen molar-refractivity contribution in [1.82, 2.24) is 4.72 Å². The van der Waals surface area contributed by atoms with Crippen LogP contribution in [-0.4, -0.2) is 20.9 Å². The molecule has 0 bridgehead atoms. The minimum absolute atomic E-state index is 0.105. The van der Waals surface area contributed by atoms with Gasteiger partial charge in [0.05, 0.1) is 11.4 Å². The summed E-state index contributed by atoms with van der Waals surface area (Å²) in [4.78, 5) is 12.1. The number of sulfonamides is 1. The number of para-hydroxylation sites is 1. The van der Waals surface area contributed by atoms with Crippen molar-refractivity contribution in [3.63, 3.8) is 0 Å². The smallest absolute Gasteiger partial charge is 0.241 e. The van der Waals surface area contributed by atoms with E-state index in [4.69, 9.17) is 0 Å². The molecule has 5 nitrogen and oxygen atoms in total. The zero-order valence-corrected chi connectivity index (χ0v) is 14.9. The van der Waals surface area contributed by atoms with Crippen LogP contribution in [0.2, 0.25) is 0 Å². The Bertz CT molecular complexity index is 806. The number of nitrogens with one attached hydrogen (secondary N) is 2. The second kappa shape index (κ2) is 7.72. The van der Waals surface area contributed by atoms with E-state index in [9.17, 15) is 13.2 Å². The summed E-state index contributed by atoms with van der Waals surface area (Å²) in [5, 5.41) is 2.72. The van der Waals surface area contributed by atoms with Crippen LogP contribution in [0.15, 0.2) is 57.9 Å². The van der Waals surface area contributed by atoms with Crippen LogP contribution in [0.25, 0.3) is 0 Å². The Morgan fingerprint density at radius 3 is 2.57 bits per heavy atom. The predicted octanol–water partition coefficient (Wildman–Crippen LogP) is 2.93. The fraction of sp³-hybridized carbons (Fsp3) is 0.188. The Hall–Kier alpha value is -1.70. The van der Waals surface area contributed by atoms with Crippen molar-refractivity contribution in [1.29, 1.82) is 0 Å². The highest BCUT2D eigenvalue weighted by Crippen LogP contribution is 2.16. The van der Waals surface area contributed by atoms with Crippen molar-refractivity contribution in [3.8, 4) is 0 Å². The van der Waals surface area contributed by atoms with Crippen LogP contribution in [0.5, 0.6) is 0 Å². The molecule has 0 unspecified atom stereocenters. The Morgan fingerprint density at radius 1 is 1.13 bits per heavy atom. The summed E-state index contributed by atoms with van der Waals surface area (Å²) in [5.74, 6) is -0.413. The molecule has 0 saturated carbocycles. The van der Waals surface area contributed by atoms with Gasteiger partial charge in [0, 0.05) is 10.2 Å². The van der Waals surface area contributed by atoms with Crippen LogP contribution >= 0.6 is 15.9 Å². The number of rotatable bonds is 6. The van der Waals surface area contributed by atoms with Crippen molar-refractivity contribution in [2.24, 2.45) is 0 Å². The molecule has 23 heavy (non-hydrogen) atoms. The topological polar surface area (TPSA) is 75.3 Å². The minimum atomic E-state index is -3.73. The zero-order chi connectivity index (χ0) is 16.9. The number of carbonyl (C=O) groups is 1. The molecule has 0 fully saturated rings. The van der Waals surface area contributed by atoms with Crippen LogP contribution in [0, 0.1) is 0 Å². The van der Waals surface area contributed by atoms with Gasteiger partial charge in [0.2, 0.25) is 15.9 Å². The Kier molecular flexibility index (Phi) is 5.92. The monoisotopic (exact) mass is 396 g/mol. The highest BCUT2D eigenvalue weighted by molar-refractivity contribution is 9.10. The highest BCUT2D eigenvalue weighted by atomic mass is 79.9. The number of halogens is 1. The van der Waals surface area contributed by atoms with E-state index in [0.29, 0.717) is 10.2 Å². The molecule has 0 spiro atoms. The van der Waals surface area contributed by atoms with Gasteiger partial charge in [-0.3, -0.25) is 4.79 Å². The summed E-state index contributed by atoms with van der Waals surface area (Å²) in [6, 6.07) is 13.7. The molecular formula is C16H17BrN2O3S. The fourth-order valence-corrected chi connectivity index (χ4v) is 3.60. The van der Waals surface area contributed by atoms with Gasteiger partial charge in [-0.05, 0) is 36.2 Å². The van der Waals surface area contributed by atoms with E-state index in [0.717, 1.165) is 12.0 Å². The first-order valence-corrected chi connectivity index (χ1v) is 9.33. The maximum absolute atomic E-state index is 12.2. The maximum atomic E-state index is 12.2. The molecular weight excluding hydrogens is 380 g/mol. The molecule has 7 heteroatoms. The molecule has 2 aromatic carbocycles. The van der Waals surface area contributed by atoms with Gasteiger partial charge in [-0.2, -0.15) is 0 Å².